The molecule has 3 N–H and O–H groups in total. The van der Waals surface area contributed by atoms with Crippen LogP contribution in [0.5, 0.6) is 0 Å². The zero-order chi connectivity index (χ0) is 13.6. The van der Waals surface area contributed by atoms with Gasteiger partial charge in [-0.2, -0.15) is 13.2 Å². The number of hydrogen-bond donors (Lipinski definition) is 3. The fraction of sp³-hybridized carbons (Fsp3) is 0.778. The van der Waals surface area contributed by atoms with Gasteiger partial charge in [0.25, 0.3) is 0 Å². The Kier molecular flexibility index (Phi) is 5.51. The predicted molar refractivity (Wildman–Crippen MR) is 55.5 cm³/mol. The summed E-state index contributed by atoms with van der Waals surface area (Å²) in [6, 6.07) is 0. The first-order chi connectivity index (χ1) is 8.43. The zero-order valence-corrected chi connectivity index (χ0v) is 9.56. The number of aryl methyl sites for hydroxylation is 1. The average molecular weight is 268 g/mol. The molecule has 0 saturated carbocycles. The molecule has 0 spiro atoms. The first-order valence-corrected chi connectivity index (χ1v) is 5.39. The van der Waals surface area contributed by atoms with Gasteiger partial charge in [-0.1, -0.05) is 5.21 Å². The lowest BCUT2D eigenvalue weighted by Gasteiger charge is -2.14. The minimum absolute atomic E-state index is 0.0330. The van der Waals surface area contributed by atoms with Crippen LogP contribution in [0.25, 0.3) is 0 Å². The lowest BCUT2D eigenvalue weighted by Crippen LogP contribution is -2.38. The number of aromatic nitrogens is 3. The van der Waals surface area contributed by atoms with Crippen molar-refractivity contribution in [2.24, 2.45) is 0 Å². The summed E-state index contributed by atoms with van der Waals surface area (Å²) in [5, 5.41) is 27.2. The van der Waals surface area contributed by atoms with Gasteiger partial charge >= 0.3 is 6.18 Å². The molecule has 0 aliphatic rings. The fourth-order valence-electron chi connectivity index (χ4n) is 1.21. The molecule has 18 heavy (non-hydrogen) atoms. The Labute approximate surface area is 101 Å². The first-order valence-electron chi connectivity index (χ1n) is 5.39. The van der Waals surface area contributed by atoms with Crippen LogP contribution in [-0.4, -0.2) is 50.6 Å². The predicted octanol–water partition coefficient (Wildman–Crippen LogP) is -0.327. The second-order valence-electron chi connectivity index (χ2n) is 3.74. The number of aliphatic hydroxyl groups is 2. The Balaban J connectivity index is 2.29. The Morgan fingerprint density at radius 3 is 2.78 bits per heavy atom. The van der Waals surface area contributed by atoms with Crippen LogP contribution >= 0.6 is 0 Å². The second-order valence-corrected chi connectivity index (χ2v) is 3.74. The average Bonchev–Trinajstić information content (AvgIpc) is 2.73. The molecule has 0 saturated heterocycles. The molecule has 1 atom stereocenters. The maximum atomic E-state index is 12.0. The molecule has 0 amide bonds. The highest BCUT2D eigenvalue weighted by Crippen LogP contribution is 2.19. The van der Waals surface area contributed by atoms with Crippen LogP contribution in [0, 0.1) is 0 Å². The summed E-state index contributed by atoms with van der Waals surface area (Å²) >= 11 is 0. The van der Waals surface area contributed by atoms with Crippen molar-refractivity contribution < 1.29 is 23.4 Å². The first kappa shape index (κ1) is 14.9. The van der Waals surface area contributed by atoms with Crippen molar-refractivity contribution in [2.75, 3.05) is 13.2 Å². The molecule has 1 aromatic heterocycles. The highest BCUT2D eigenvalue weighted by atomic mass is 19.4. The quantitative estimate of drug-likeness (QED) is 0.631. The highest BCUT2D eigenvalue weighted by Gasteiger charge is 2.37. The molecular formula is C9H15F3N4O2. The third-order valence-corrected chi connectivity index (χ3v) is 2.15. The smallest absolute Gasteiger partial charge is 0.396 e. The van der Waals surface area contributed by atoms with Crippen LogP contribution in [-0.2, 0) is 13.1 Å². The Bertz CT molecular complexity index is 356. The van der Waals surface area contributed by atoms with Crippen LogP contribution in [0.1, 0.15) is 12.1 Å². The molecule has 1 unspecified atom stereocenters. The zero-order valence-electron chi connectivity index (χ0n) is 9.56. The van der Waals surface area contributed by atoms with Gasteiger partial charge in [-0.25, -0.2) is 0 Å². The summed E-state index contributed by atoms with van der Waals surface area (Å²) in [7, 11) is 0. The van der Waals surface area contributed by atoms with Gasteiger partial charge in [0.2, 0.25) is 0 Å². The van der Waals surface area contributed by atoms with Crippen LogP contribution in [0.3, 0.4) is 0 Å². The van der Waals surface area contributed by atoms with Crippen molar-refractivity contribution in [3.05, 3.63) is 11.9 Å². The van der Waals surface area contributed by atoms with Gasteiger partial charge in [0, 0.05) is 32.4 Å². The van der Waals surface area contributed by atoms with E-state index in [0.29, 0.717) is 18.7 Å². The lowest BCUT2D eigenvalue weighted by molar-refractivity contribution is -0.201. The third-order valence-electron chi connectivity index (χ3n) is 2.15. The third kappa shape index (κ3) is 4.98. The molecule has 0 aliphatic carbocycles. The van der Waals surface area contributed by atoms with Gasteiger partial charge in [0.15, 0.2) is 6.10 Å². The molecule has 0 aliphatic heterocycles. The maximum absolute atomic E-state index is 12.0. The van der Waals surface area contributed by atoms with Gasteiger partial charge in [-0.05, 0) is 6.42 Å². The Morgan fingerprint density at radius 2 is 2.17 bits per heavy atom. The lowest BCUT2D eigenvalue weighted by atomic mass is 10.3. The fourth-order valence-corrected chi connectivity index (χ4v) is 1.21. The molecule has 0 aromatic carbocycles. The summed E-state index contributed by atoms with van der Waals surface area (Å²) < 4.78 is 37.4. The summed E-state index contributed by atoms with van der Waals surface area (Å²) in [5.41, 5.74) is 0.474. The van der Waals surface area contributed by atoms with E-state index in [0.717, 1.165) is 0 Å². The van der Waals surface area contributed by atoms with E-state index in [1.807, 2.05) is 0 Å². The van der Waals surface area contributed by atoms with Crippen LogP contribution in [0.4, 0.5) is 13.2 Å². The van der Waals surface area contributed by atoms with Crippen LogP contribution in [0.2, 0.25) is 0 Å². The van der Waals surface area contributed by atoms with E-state index in [4.69, 9.17) is 10.2 Å². The van der Waals surface area contributed by atoms with Crippen molar-refractivity contribution in [1.82, 2.24) is 20.3 Å². The molecule has 0 radical (unpaired) electrons. The van der Waals surface area contributed by atoms with E-state index in [1.54, 1.807) is 6.20 Å². The molecule has 0 fully saturated rings. The van der Waals surface area contributed by atoms with E-state index in [-0.39, 0.29) is 13.2 Å². The van der Waals surface area contributed by atoms with E-state index < -0.39 is 18.8 Å². The molecular weight excluding hydrogens is 253 g/mol. The molecule has 1 heterocycles. The number of nitrogens with zero attached hydrogens (tertiary/aromatic N) is 3. The van der Waals surface area contributed by atoms with Gasteiger partial charge in [-0.3, -0.25) is 4.68 Å². The topological polar surface area (TPSA) is 83.2 Å². The largest absolute Gasteiger partial charge is 0.415 e. The summed E-state index contributed by atoms with van der Waals surface area (Å²) in [6.45, 7) is 0.0269. The highest BCUT2D eigenvalue weighted by molar-refractivity contribution is 4.91. The summed E-state index contributed by atoms with van der Waals surface area (Å²) in [5.74, 6) is 0. The minimum Gasteiger partial charge on any atom is -0.396 e. The van der Waals surface area contributed by atoms with E-state index in [1.165, 1.54) is 4.68 Å². The van der Waals surface area contributed by atoms with Crippen molar-refractivity contribution in [3.63, 3.8) is 0 Å². The number of halogens is 3. The van der Waals surface area contributed by atoms with Gasteiger partial charge in [0.1, 0.15) is 0 Å². The normalized spacial score (nSPS) is 13.8. The van der Waals surface area contributed by atoms with Gasteiger partial charge < -0.3 is 15.5 Å². The number of nitrogens with one attached hydrogen (secondary N) is 1. The van der Waals surface area contributed by atoms with Crippen LogP contribution < -0.4 is 5.32 Å². The van der Waals surface area contributed by atoms with E-state index in [9.17, 15) is 13.2 Å². The van der Waals surface area contributed by atoms with Crippen molar-refractivity contribution in [2.45, 2.75) is 31.8 Å². The monoisotopic (exact) mass is 268 g/mol. The maximum Gasteiger partial charge on any atom is 0.415 e. The van der Waals surface area contributed by atoms with Crippen molar-refractivity contribution in [3.8, 4) is 0 Å². The molecule has 1 rings (SSSR count). The summed E-state index contributed by atoms with van der Waals surface area (Å²) in [4.78, 5) is 0. The molecule has 9 heteroatoms. The van der Waals surface area contributed by atoms with Crippen molar-refractivity contribution in [1.29, 1.82) is 0 Å². The Morgan fingerprint density at radius 1 is 1.44 bits per heavy atom. The minimum atomic E-state index is -4.62. The molecule has 6 nitrogen and oxygen atoms in total. The SMILES string of the molecule is OCCCn1cc(CNCC(O)C(F)(F)F)nn1. The summed E-state index contributed by atoms with van der Waals surface area (Å²) in [6.07, 6.45) is -4.90. The van der Waals surface area contributed by atoms with Crippen molar-refractivity contribution >= 4 is 0 Å². The standard InChI is InChI=1S/C9H15F3N4O2/c10-9(11,12)8(18)5-13-4-7-6-16(15-14-7)2-1-3-17/h6,8,13,17-18H,1-5H2. The Hall–Kier alpha value is -1.19. The molecule has 0 bridgehead atoms. The molecule has 104 valence electrons. The second kappa shape index (κ2) is 6.66. The van der Waals surface area contributed by atoms with E-state index in [2.05, 4.69) is 15.6 Å². The molecule has 1 aromatic rings. The van der Waals surface area contributed by atoms with Gasteiger partial charge in [-0.15, -0.1) is 5.10 Å². The number of alkyl halides is 3. The van der Waals surface area contributed by atoms with E-state index >= 15 is 0 Å². The van der Waals surface area contributed by atoms with Gasteiger partial charge in [0.05, 0.1) is 5.69 Å². The number of rotatable bonds is 7. The van der Waals surface area contributed by atoms with Crippen LogP contribution in [0.15, 0.2) is 6.20 Å². The number of hydrogen-bond acceptors (Lipinski definition) is 5. The number of aliphatic hydroxyl groups excluding tert-OH is 2.